The van der Waals surface area contributed by atoms with Crippen LogP contribution in [0.15, 0.2) is 18.3 Å². The number of nitrogens with one attached hydrogen (secondary N) is 1. The van der Waals surface area contributed by atoms with Gasteiger partial charge in [-0.15, -0.1) is 0 Å². The van der Waals surface area contributed by atoms with E-state index in [2.05, 4.69) is 10.3 Å². The van der Waals surface area contributed by atoms with Crippen molar-refractivity contribution in [3.8, 4) is 11.9 Å². The van der Waals surface area contributed by atoms with Gasteiger partial charge in [0.25, 0.3) is 0 Å². The summed E-state index contributed by atoms with van der Waals surface area (Å²) in [4.78, 5) is 17.6. The molecule has 1 fully saturated rings. The van der Waals surface area contributed by atoms with Gasteiger partial charge in [-0.3, -0.25) is 4.79 Å². The second kappa shape index (κ2) is 5.36. The lowest BCUT2D eigenvalue weighted by Crippen LogP contribution is -2.25. The van der Waals surface area contributed by atoms with Crippen molar-refractivity contribution in [3.05, 3.63) is 18.3 Å². The summed E-state index contributed by atoms with van der Waals surface area (Å²) in [6.45, 7) is 1.12. The van der Waals surface area contributed by atoms with Crippen LogP contribution in [-0.2, 0) is 4.79 Å². The first-order chi connectivity index (χ1) is 8.72. The highest BCUT2D eigenvalue weighted by atomic mass is 16.5. The Kier molecular flexibility index (Phi) is 3.63. The molecule has 0 aromatic carbocycles. The molecule has 0 aliphatic carbocycles. The van der Waals surface area contributed by atoms with Crippen molar-refractivity contribution in [2.45, 2.75) is 6.42 Å². The number of rotatable bonds is 3. The second-order valence-electron chi connectivity index (χ2n) is 4.10. The van der Waals surface area contributed by atoms with Crippen LogP contribution in [0, 0.1) is 17.4 Å². The zero-order valence-corrected chi connectivity index (χ0v) is 10.1. The predicted octanol–water partition coefficient (Wildman–Crippen LogP) is 0.832. The standard InChI is InChI=1S/C12H14N4O2/c1-18-10-2-4-14-11(6-10)15-12(17)9-3-5-16(7-9)8-13/h2,4,6,9H,3,5,7H2,1H3,(H,14,15,17)/t9-/m0/s1. The topological polar surface area (TPSA) is 78.2 Å². The van der Waals surface area contributed by atoms with E-state index in [1.807, 2.05) is 6.19 Å². The minimum Gasteiger partial charge on any atom is -0.497 e. The normalized spacial score (nSPS) is 18.2. The Hall–Kier alpha value is -2.29. The number of methoxy groups -OCH3 is 1. The molecule has 2 heterocycles. The minimum atomic E-state index is -0.155. The summed E-state index contributed by atoms with van der Waals surface area (Å²) in [5.74, 6) is 0.853. The van der Waals surface area contributed by atoms with E-state index in [4.69, 9.17) is 10.00 Å². The molecule has 0 bridgehead atoms. The highest BCUT2D eigenvalue weighted by Gasteiger charge is 2.27. The van der Waals surface area contributed by atoms with Crippen LogP contribution in [0.4, 0.5) is 5.82 Å². The molecule has 0 unspecified atom stereocenters. The molecule has 0 saturated carbocycles. The average molecular weight is 246 g/mol. The van der Waals surface area contributed by atoms with Gasteiger partial charge in [0.15, 0.2) is 6.19 Å². The van der Waals surface area contributed by atoms with Crippen molar-refractivity contribution >= 4 is 11.7 Å². The van der Waals surface area contributed by atoms with E-state index in [9.17, 15) is 4.79 Å². The van der Waals surface area contributed by atoms with Crippen molar-refractivity contribution in [1.29, 1.82) is 5.26 Å². The second-order valence-corrected chi connectivity index (χ2v) is 4.10. The number of nitriles is 1. The quantitative estimate of drug-likeness (QED) is 0.799. The third kappa shape index (κ3) is 2.69. The fourth-order valence-corrected chi connectivity index (χ4v) is 1.90. The molecule has 1 aliphatic rings. The van der Waals surface area contributed by atoms with E-state index in [0.29, 0.717) is 31.1 Å². The van der Waals surface area contributed by atoms with Gasteiger partial charge in [0, 0.05) is 25.4 Å². The molecular formula is C12H14N4O2. The molecule has 1 aliphatic heterocycles. The molecule has 1 saturated heterocycles. The Labute approximate surface area is 105 Å². The Morgan fingerprint density at radius 1 is 1.72 bits per heavy atom. The molecule has 94 valence electrons. The molecule has 18 heavy (non-hydrogen) atoms. The van der Waals surface area contributed by atoms with Crippen LogP contribution >= 0.6 is 0 Å². The first-order valence-electron chi connectivity index (χ1n) is 5.68. The lowest BCUT2D eigenvalue weighted by atomic mass is 10.1. The minimum absolute atomic E-state index is 0.103. The van der Waals surface area contributed by atoms with Gasteiger partial charge in [-0.25, -0.2) is 4.98 Å². The van der Waals surface area contributed by atoms with E-state index < -0.39 is 0 Å². The Morgan fingerprint density at radius 2 is 2.56 bits per heavy atom. The van der Waals surface area contributed by atoms with Crippen LogP contribution in [0.3, 0.4) is 0 Å². The molecular weight excluding hydrogens is 232 g/mol. The van der Waals surface area contributed by atoms with Crippen molar-refractivity contribution in [2.75, 3.05) is 25.5 Å². The van der Waals surface area contributed by atoms with Gasteiger partial charge >= 0.3 is 0 Å². The third-order valence-electron chi connectivity index (χ3n) is 2.92. The molecule has 1 aromatic heterocycles. The number of hydrogen-bond acceptors (Lipinski definition) is 5. The van der Waals surface area contributed by atoms with E-state index in [1.54, 1.807) is 30.3 Å². The van der Waals surface area contributed by atoms with Crippen molar-refractivity contribution < 1.29 is 9.53 Å². The summed E-state index contributed by atoms with van der Waals surface area (Å²) in [5.41, 5.74) is 0. The number of nitrogens with zero attached hydrogens (tertiary/aromatic N) is 3. The van der Waals surface area contributed by atoms with E-state index in [-0.39, 0.29) is 11.8 Å². The molecule has 2 rings (SSSR count). The maximum absolute atomic E-state index is 11.9. The van der Waals surface area contributed by atoms with Crippen molar-refractivity contribution in [3.63, 3.8) is 0 Å². The van der Waals surface area contributed by atoms with Gasteiger partial charge in [-0.05, 0) is 12.5 Å². The summed E-state index contributed by atoms with van der Waals surface area (Å²) in [7, 11) is 1.56. The zero-order chi connectivity index (χ0) is 13.0. The summed E-state index contributed by atoms with van der Waals surface area (Å²) in [6, 6.07) is 3.37. The number of anilines is 1. The van der Waals surface area contributed by atoms with Crippen LogP contribution < -0.4 is 10.1 Å². The van der Waals surface area contributed by atoms with Crippen LogP contribution in [0.25, 0.3) is 0 Å². The zero-order valence-electron chi connectivity index (χ0n) is 10.1. The summed E-state index contributed by atoms with van der Waals surface area (Å²) >= 11 is 0. The summed E-state index contributed by atoms with van der Waals surface area (Å²) in [6.07, 6.45) is 4.32. The molecule has 0 spiro atoms. The van der Waals surface area contributed by atoms with E-state index >= 15 is 0 Å². The maximum Gasteiger partial charge on any atom is 0.230 e. The van der Waals surface area contributed by atoms with Crippen molar-refractivity contribution in [1.82, 2.24) is 9.88 Å². The van der Waals surface area contributed by atoms with Gasteiger partial charge in [0.05, 0.1) is 13.0 Å². The highest BCUT2D eigenvalue weighted by molar-refractivity contribution is 5.92. The summed E-state index contributed by atoms with van der Waals surface area (Å²) < 4.78 is 5.05. The number of carbonyl (C=O) groups excluding carboxylic acids is 1. The lowest BCUT2D eigenvalue weighted by Gasteiger charge is -2.10. The summed E-state index contributed by atoms with van der Waals surface area (Å²) in [5, 5.41) is 11.5. The third-order valence-corrected chi connectivity index (χ3v) is 2.92. The van der Waals surface area contributed by atoms with Gasteiger partial charge in [0.2, 0.25) is 5.91 Å². The number of likely N-dealkylation sites (tertiary alicyclic amines) is 1. The van der Waals surface area contributed by atoms with Crippen LogP contribution in [0.5, 0.6) is 5.75 Å². The Balaban J connectivity index is 1.97. The molecule has 1 N–H and O–H groups in total. The monoisotopic (exact) mass is 246 g/mol. The maximum atomic E-state index is 11.9. The molecule has 1 amide bonds. The Morgan fingerprint density at radius 3 is 3.22 bits per heavy atom. The molecule has 6 nitrogen and oxygen atoms in total. The number of hydrogen-bond donors (Lipinski definition) is 1. The lowest BCUT2D eigenvalue weighted by molar-refractivity contribution is -0.119. The molecule has 1 atom stereocenters. The first kappa shape index (κ1) is 12.2. The fraction of sp³-hybridized carbons (Fsp3) is 0.417. The van der Waals surface area contributed by atoms with Crippen LogP contribution in [0.2, 0.25) is 0 Å². The number of carbonyl (C=O) groups is 1. The van der Waals surface area contributed by atoms with E-state index in [1.165, 1.54) is 0 Å². The number of pyridine rings is 1. The largest absolute Gasteiger partial charge is 0.497 e. The van der Waals surface area contributed by atoms with Gasteiger partial charge in [-0.2, -0.15) is 5.26 Å². The molecule has 6 heteroatoms. The number of amides is 1. The molecule has 1 aromatic rings. The first-order valence-corrected chi connectivity index (χ1v) is 5.68. The van der Waals surface area contributed by atoms with Crippen LogP contribution in [0.1, 0.15) is 6.42 Å². The van der Waals surface area contributed by atoms with Crippen LogP contribution in [-0.4, -0.2) is 36.0 Å². The number of aromatic nitrogens is 1. The highest BCUT2D eigenvalue weighted by Crippen LogP contribution is 2.19. The van der Waals surface area contributed by atoms with Gasteiger partial charge in [0.1, 0.15) is 11.6 Å². The predicted molar refractivity (Wildman–Crippen MR) is 64.7 cm³/mol. The van der Waals surface area contributed by atoms with E-state index in [0.717, 1.165) is 0 Å². The smallest absolute Gasteiger partial charge is 0.230 e. The Bertz CT molecular complexity index is 483. The average Bonchev–Trinajstić information content (AvgIpc) is 2.88. The SMILES string of the molecule is COc1ccnc(NC(=O)[C@H]2CCN(C#N)C2)c1. The van der Waals surface area contributed by atoms with Crippen molar-refractivity contribution in [2.24, 2.45) is 5.92 Å². The molecule has 0 radical (unpaired) electrons. The van der Waals surface area contributed by atoms with Gasteiger partial charge in [-0.1, -0.05) is 0 Å². The number of ether oxygens (including phenoxy) is 1. The van der Waals surface area contributed by atoms with Gasteiger partial charge < -0.3 is 15.0 Å². The fourth-order valence-electron chi connectivity index (χ4n) is 1.90.